The lowest BCUT2D eigenvalue weighted by molar-refractivity contribution is 1.34. The van der Waals surface area contributed by atoms with E-state index in [1.807, 2.05) is 0 Å². The minimum absolute atomic E-state index is 1.29. The summed E-state index contributed by atoms with van der Waals surface area (Å²) in [5.74, 6) is 0. The first kappa shape index (κ1) is 10.3. The van der Waals surface area contributed by atoms with E-state index in [0.717, 1.165) is 0 Å². The van der Waals surface area contributed by atoms with Crippen LogP contribution >= 0.6 is 0 Å². The van der Waals surface area contributed by atoms with E-state index in [9.17, 15) is 0 Å². The summed E-state index contributed by atoms with van der Waals surface area (Å²) in [6.45, 7) is 4.24. The molecule has 0 aliphatic heterocycles. The Morgan fingerprint density at radius 1 is 0.600 bits per heavy atom. The minimum Gasteiger partial charge on any atom is -0.0543 e. The van der Waals surface area contributed by atoms with Gasteiger partial charge < -0.3 is 0 Å². The minimum atomic E-state index is 1.29. The second-order valence-electron chi connectivity index (χ2n) is 3.78. The van der Waals surface area contributed by atoms with Gasteiger partial charge in [0.25, 0.3) is 0 Å². The summed E-state index contributed by atoms with van der Waals surface area (Å²) in [6, 6.07) is 17.4. The Kier molecular flexibility index (Phi) is 3.12. The fourth-order valence-corrected chi connectivity index (χ4v) is 2.28. The van der Waals surface area contributed by atoms with Crippen LogP contribution in [0.5, 0.6) is 0 Å². The van der Waals surface area contributed by atoms with Crippen molar-refractivity contribution in [1.29, 1.82) is 0 Å². The first-order valence-corrected chi connectivity index (χ1v) is 5.98. The molecular weight excluding hydrogens is 200 g/mol. The molecule has 2 rings (SSSR count). The topological polar surface area (TPSA) is 0 Å². The lowest BCUT2D eigenvalue weighted by Gasteiger charge is -1.94. The van der Waals surface area contributed by atoms with Crippen molar-refractivity contribution in [2.75, 3.05) is 0 Å². The third-order valence-corrected chi connectivity index (χ3v) is 3.44. The van der Waals surface area contributed by atoms with Gasteiger partial charge in [-0.1, -0.05) is 35.4 Å². The molecule has 0 nitrogen and oxygen atoms in total. The van der Waals surface area contributed by atoms with Gasteiger partial charge in [-0.25, -0.2) is 0 Å². The maximum atomic E-state index is 2.19. The molecule has 0 N–H and O–H groups in total. The van der Waals surface area contributed by atoms with Crippen LogP contribution < -0.4 is 0 Å². The highest BCUT2D eigenvalue weighted by atomic mass is 32.2. The first-order valence-electron chi connectivity index (χ1n) is 5.09. The summed E-state index contributed by atoms with van der Waals surface area (Å²) in [5.41, 5.74) is 2.63. The molecule has 0 aliphatic rings. The van der Waals surface area contributed by atoms with Gasteiger partial charge in [0.1, 0.15) is 0 Å². The van der Waals surface area contributed by atoms with Crippen LogP contribution in [0.15, 0.2) is 58.3 Å². The third kappa shape index (κ3) is 2.87. The van der Waals surface area contributed by atoms with Gasteiger partial charge in [-0.3, -0.25) is 0 Å². The Balaban J connectivity index is 2.15. The summed E-state index contributed by atoms with van der Waals surface area (Å²) in [5, 5.41) is 0. The molecule has 1 heteroatoms. The van der Waals surface area contributed by atoms with Gasteiger partial charge in [0.05, 0.1) is 0 Å². The number of rotatable bonds is 2. The zero-order valence-corrected chi connectivity index (χ0v) is 9.96. The maximum Gasteiger partial charge on any atom is 0.158 e. The number of benzene rings is 2. The van der Waals surface area contributed by atoms with Gasteiger partial charge >= 0.3 is 0 Å². The van der Waals surface area contributed by atoms with Gasteiger partial charge in [-0.2, -0.15) is 0 Å². The average molecular weight is 215 g/mol. The fraction of sp³-hybridized carbons (Fsp3) is 0.143. The van der Waals surface area contributed by atoms with Crippen molar-refractivity contribution in [3.05, 3.63) is 59.7 Å². The zero-order chi connectivity index (χ0) is 10.7. The van der Waals surface area contributed by atoms with Gasteiger partial charge in [-0.05, 0) is 38.1 Å². The smallest absolute Gasteiger partial charge is 0.0543 e. The SMILES string of the molecule is Cc1ccc([SH+]c2ccc(C)cc2)cc1. The van der Waals surface area contributed by atoms with Crippen molar-refractivity contribution in [3.8, 4) is 0 Å². The lowest BCUT2D eigenvalue weighted by atomic mass is 10.2. The second-order valence-corrected chi connectivity index (χ2v) is 5.04. The average Bonchev–Trinajstić information content (AvgIpc) is 2.25. The zero-order valence-electron chi connectivity index (χ0n) is 9.07. The van der Waals surface area contributed by atoms with E-state index in [1.165, 1.54) is 32.7 Å². The number of hydrogen-bond donors (Lipinski definition) is 0. The number of aryl methyl sites for hydroxylation is 2. The van der Waals surface area contributed by atoms with E-state index in [-0.39, 0.29) is 0 Å². The van der Waals surface area contributed by atoms with Gasteiger partial charge in [0.2, 0.25) is 0 Å². The molecule has 0 amide bonds. The predicted octanol–water partition coefficient (Wildman–Crippen LogP) is 3.54. The molecule has 0 aliphatic carbocycles. The van der Waals surface area contributed by atoms with Crippen molar-refractivity contribution in [2.45, 2.75) is 23.6 Å². The van der Waals surface area contributed by atoms with Crippen LogP contribution in [0.25, 0.3) is 0 Å². The molecule has 15 heavy (non-hydrogen) atoms. The van der Waals surface area contributed by atoms with E-state index >= 15 is 0 Å². The molecule has 0 radical (unpaired) electrons. The summed E-state index contributed by atoms with van der Waals surface area (Å²) >= 11 is 1.29. The summed E-state index contributed by atoms with van der Waals surface area (Å²) in [4.78, 5) is 2.70. The summed E-state index contributed by atoms with van der Waals surface area (Å²) in [7, 11) is 0. The molecule has 2 aromatic carbocycles. The molecule has 0 heterocycles. The molecule has 0 saturated heterocycles. The Morgan fingerprint density at radius 2 is 0.933 bits per heavy atom. The normalized spacial score (nSPS) is 10.3. The third-order valence-electron chi connectivity index (χ3n) is 2.33. The largest absolute Gasteiger partial charge is 0.158 e. The maximum absolute atomic E-state index is 2.19. The number of thiol groups is 1. The molecule has 0 fully saturated rings. The first-order chi connectivity index (χ1) is 7.24. The molecule has 0 bridgehead atoms. The Hall–Kier alpha value is -1.21. The monoisotopic (exact) mass is 215 g/mol. The summed E-state index contributed by atoms with van der Waals surface area (Å²) < 4.78 is 0. The van der Waals surface area contributed by atoms with Crippen molar-refractivity contribution in [2.24, 2.45) is 0 Å². The number of hydrogen-bond acceptors (Lipinski definition) is 0. The van der Waals surface area contributed by atoms with E-state index in [0.29, 0.717) is 0 Å². The lowest BCUT2D eigenvalue weighted by Crippen LogP contribution is -1.85. The molecule has 0 spiro atoms. The van der Waals surface area contributed by atoms with Crippen molar-refractivity contribution >= 4 is 11.8 Å². The Labute approximate surface area is 95.3 Å². The molecule has 0 unspecified atom stereocenters. The molecule has 0 aromatic heterocycles. The van der Waals surface area contributed by atoms with Crippen LogP contribution in [0.2, 0.25) is 0 Å². The molecule has 0 saturated carbocycles. The summed E-state index contributed by atoms with van der Waals surface area (Å²) in [6.07, 6.45) is 0. The van der Waals surface area contributed by atoms with Gasteiger partial charge in [0, 0.05) is 11.8 Å². The molecule has 76 valence electrons. The van der Waals surface area contributed by atoms with E-state index in [1.54, 1.807) is 0 Å². The Morgan fingerprint density at radius 3 is 1.27 bits per heavy atom. The highest BCUT2D eigenvalue weighted by Crippen LogP contribution is 2.13. The molecule has 0 atom stereocenters. The van der Waals surface area contributed by atoms with Crippen LogP contribution in [0.4, 0.5) is 0 Å². The van der Waals surface area contributed by atoms with Gasteiger partial charge in [-0.15, -0.1) is 0 Å². The van der Waals surface area contributed by atoms with Crippen molar-refractivity contribution in [1.82, 2.24) is 0 Å². The van der Waals surface area contributed by atoms with E-state index in [4.69, 9.17) is 0 Å². The van der Waals surface area contributed by atoms with Gasteiger partial charge in [0.15, 0.2) is 9.79 Å². The highest BCUT2D eigenvalue weighted by molar-refractivity contribution is 7.78. The van der Waals surface area contributed by atoms with E-state index < -0.39 is 0 Å². The van der Waals surface area contributed by atoms with E-state index in [2.05, 4.69) is 62.4 Å². The standard InChI is InChI=1S/C14H14S/c1-11-3-7-13(8-4-11)15-14-9-5-12(2)6-10-14/h3-10H,1-2H3/p+1. The quantitative estimate of drug-likeness (QED) is 0.531. The Bertz CT molecular complexity index is 382. The van der Waals surface area contributed by atoms with Crippen LogP contribution in [0.1, 0.15) is 11.1 Å². The van der Waals surface area contributed by atoms with Crippen LogP contribution in [-0.4, -0.2) is 0 Å². The molecular formula is C14H15S+. The fourth-order valence-electron chi connectivity index (χ4n) is 1.39. The van der Waals surface area contributed by atoms with Crippen molar-refractivity contribution in [3.63, 3.8) is 0 Å². The second kappa shape index (κ2) is 4.54. The van der Waals surface area contributed by atoms with Crippen LogP contribution in [0, 0.1) is 13.8 Å². The van der Waals surface area contributed by atoms with Crippen LogP contribution in [0.3, 0.4) is 0 Å². The predicted molar refractivity (Wildman–Crippen MR) is 67.7 cm³/mol. The molecule has 2 aromatic rings. The van der Waals surface area contributed by atoms with Crippen LogP contribution in [-0.2, 0) is 11.8 Å². The highest BCUT2D eigenvalue weighted by Gasteiger charge is 2.05. The van der Waals surface area contributed by atoms with Crippen molar-refractivity contribution < 1.29 is 0 Å².